The maximum absolute atomic E-state index is 12.6. The first-order valence-electron chi connectivity index (χ1n) is 8.25. The average Bonchev–Trinajstić information content (AvgIpc) is 3.37. The number of nitrogens with one attached hydrogen (secondary N) is 2. The van der Waals surface area contributed by atoms with Gasteiger partial charge in [-0.25, -0.2) is 4.98 Å². The third-order valence-electron chi connectivity index (χ3n) is 4.02. The lowest BCUT2D eigenvalue weighted by Gasteiger charge is -2.11. The highest BCUT2D eigenvalue weighted by Gasteiger charge is 2.15. The van der Waals surface area contributed by atoms with Gasteiger partial charge in [-0.15, -0.1) is 11.3 Å². The van der Waals surface area contributed by atoms with E-state index in [4.69, 9.17) is 4.42 Å². The molecule has 0 fully saturated rings. The Balaban J connectivity index is 1.51. The number of hydrogen-bond acceptors (Lipinski definition) is 5. The Labute approximate surface area is 158 Å². The summed E-state index contributed by atoms with van der Waals surface area (Å²) in [6.07, 6.45) is 1.55. The maximum Gasteiger partial charge on any atom is 0.255 e. The van der Waals surface area contributed by atoms with E-state index in [-0.39, 0.29) is 18.4 Å². The summed E-state index contributed by atoms with van der Waals surface area (Å²) in [6, 6.07) is 15.7. The molecule has 4 rings (SSSR count). The van der Waals surface area contributed by atoms with Crippen LogP contribution in [0.2, 0.25) is 0 Å². The van der Waals surface area contributed by atoms with Crippen LogP contribution in [0.4, 0.5) is 5.69 Å². The summed E-state index contributed by atoms with van der Waals surface area (Å²) in [5.74, 6) is 0.0829. The molecular formula is C20H15N3O3S. The van der Waals surface area contributed by atoms with Crippen LogP contribution in [0.1, 0.15) is 26.5 Å². The molecule has 0 saturated heterocycles. The summed E-state index contributed by atoms with van der Waals surface area (Å²) in [7, 11) is 0. The quantitative estimate of drug-likeness (QED) is 0.549. The number of thiazole rings is 1. The van der Waals surface area contributed by atoms with Crippen LogP contribution in [0.3, 0.4) is 0 Å². The number of benzene rings is 2. The molecule has 0 unspecified atom stereocenters. The molecule has 0 aliphatic rings. The van der Waals surface area contributed by atoms with Crippen LogP contribution in [0.5, 0.6) is 0 Å². The van der Waals surface area contributed by atoms with E-state index < -0.39 is 0 Å². The van der Waals surface area contributed by atoms with Crippen molar-refractivity contribution in [2.45, 2.75) is 6.54 Å². The molecule has 0 atom stereocenters. The number of anilines is 1. The zero-order chi connectivity index (χ0) is 18.6. The Hall–Kier alpha value is -3.45. The molecule has 6 nitrogen and oxygen atoms in total. The molecule has 2 aromatic heterocycles. The summed E-state index contributed by atoms with van der Waals surface area (Å²) < 4.78 is 6.15. The lowest BCUT2D eigenvalue weighted by Crippen LogP contribution is -2.24. The third kappa shape index (κ3) is 3.73. The van der Waals surface area contributed by atoms with Crippen LogP contribution in [0.25, 0.3) is 10.2 Å². The molecule has 4 aromatic rings. The van der Waals surface area contributed by atoms with Crippen molar-refractivity contribution in [3.05, 3.63) is 83.3 Å². The van der Waals surface area contributed by atoms with Crippen molar-refractivity contribution in [3.8, 4) is 0 Å². The van der Waals surface area contributed by atoms with Gasteiger partial charge in [0.2, 0.25) is 0 Å². The summed E-state index contributed by atoms with van der Waals surface area (Å²) in [4.78, 5) is 29.3. The summed E-state index contributed by atoms with van der Waals surface area (Å²) in [5, 5.41) is 5.60. The number of carbonyl (C=O) groups excluding carboxylic acids is 2. The number of nitrogens with zero attached hydrogens (tertiary/aromatic N) is 1. The second-order valence-electron chi connectivity index (χ2n) is 5.80. The molecule has 2 aromatic carbocycles. The van der Waals surface area contributed by atoms with Crippen LogP contribution < -0.4 is 10.6 Å². The van der Waals surface area contributed by atoms with E-state index in [0.717, 1.165) is 10.2 Å². The molecule has 0 spiro atoms. The van der Waals surface area contributed by atoms with Crippen molar-refractivity contribution in [1.29, 1.82) is 0 Å². The molecule has 2 N–H and O–H groups in total. The Morgan fingerprint density at radius 2 is 1.93 bits per heavy atom. The van der Waals surface area contributed by atoms with Gasteiger partial charge in [0, 0.05) is 5.56 Å². The molecule has 2 heterocycles. The Morgan fingerprint density at radius 3 is 2.78 bits per heavy atom. The van der Waals surface area contributed by atoms with Gasteiger partial charge in [-0.2, -0.15) is 0 Å². The number of para-hydroxylation sites is 1. The first kappa shape index (κ1) is 17.0. The van der Waals surface area contributed by atoms with Gasteiger partial charge in [0.1, 0.15) is 5.76 Å². The highest BCUT2D eigenvalue weighted by molar-refractivity contribution is 7.16. The largest absolute Gasteiger partial charge is 0.467 e. The van der Waals surface area contributed by atoms with Crippen molar-refractivity contribution in [2.75, 3.05) is 5.32 Å². The minimum absolute atomic E-state index is 0.274. The molecule has 27 heavy (non-hydrogen) atoms. The Morgan fingerprint density at radius 1 is 1.04 bits per heavy atom. The molecule has 0 bridgehead atoms. The molecule has 0 aliphatic heterocycles. The number of rotatable bonds is 5. The predicted molar refractivity (Wildman–Crippen MR) is 104 cm³/mol. The molecule has 7 heteroatoms. The van der Waals surface area contributed by atoms with Gasteiger partial charge in [-0.3, -0.25) is 9.59 Å². The van der Waals surface area contributed by atoms with Crippen LogP contribution in [0, 0.1) is 0 Å². The summed E-state index contributed by atoms with van der Waals surface area (Å²) in [6.45, 7) is 0.274. The zero-order valence-electron chi connectivity index (χ0n) is 14.1. The van der Waals surface area contributed by atoms with Crippen LogP contribution in [-0.2, 0) is 6.54 Å². The second kappa shape index (κ2) is 7.43. The number of furan rings is 1. The van der Waals surface area contributed by atoms with Gasteiger partial charge in [-0.1, -0.05) is 12.1 Å². The van der Waals surface area contributed by atoms with E-state index in [0.29, 0.717) is 22.6 Å². The minimum Gasteiger partial charge on any atom is -0.467 e. The zero-order valence-corrected chi connectivity index (χ0v) is 15.0. The fraction of sp³-hybridized carbons (Fsp3) is 0.0500. The van der Waals surface area contributed by atoms with Crippen LogP contribution in [-0.4, -0.2) is 16.8 Å². The smallest absolute Gasteiger partial charge is 0.255 e. The van der Waals surface area contributed by atoms with E-state index in [9.17, 15) is 9.59 Å². The van der Waals surface area contributed by atoms with Crippen molar-refractivity contribution >= 4 is 39.1 Å². The maximum atomic E-state index is 12.6. The summed E-state index contributed by atoms with van der Waals surface area (Å²) >= 11 is 1.47. The minimum atomic E-state index is -0.291. The standard InChI is InChI=1S/C20H15N3O3S/c24-19(13-7-8-17-18(10-13)27-12-22-17)23-16-6-2-1-5-15(16)20(25)21-11-14-4-3-9-26-14/h1-10,12H,11H2,(H,21,25)(H,23,24). The number of aromatic nitrogens is 1. The van der Waals surface area contributed by atoms with Gasteiger partial charge in [0.15, 0.2) is 0 Å². The van der Waals surface area contributed by atoms with Crippen LogP contribution >= 0.6 is 11.3 Å². The Bertz CT molecular complexity index is 1100. The second-order valence-corrected chi connectivity index (χ2v) is 6.68. The Kier molecular flexibility index (Phi) is 4.67. The SMILES string of the molecule is O=C(Nc1ccccc1C(=O)NCc1ccco1)c1ccc2ncsc2c1. The average molecular weight is 377 g/mol. The first-order valence-corrected chi connectivity index (χ1v) is 9.13. The number of amides is 2. The van der Waals surface area contributed by atoms with Gasteiger partial charge in [0.25, 0.3) is 11.8 Å². The fourth-order valence-electron chi connectivity index (χ4n) is 2.66. The van der Waals surface area contributed by atoms with Gasteiger partial charge in [0.05, 0.1) is 39.8 Å². The van der Waals surface area contributed by atoms with Gasteiger partial charge in [-0.05, 0) is 42.5 Å². The lowest BCUT2D eigenvalue weighted by atomic mass is 10.1. The van der Waals surface area contributed by atoms with E-state index in [1.54, 1.807) is 60.3 Å². The van der Waals surface area contributed by atoms with Crippen molar-refractivity contribution < 1.29 is 14.0 Å². The van der Waals surface area contributed by atoms with Gasteiger partial charge >= 0.3 is 0 Å². The normalized spacial score (nSPS) is 10.7. The first-order chi connectivity index (χ1) is 13.2. The third-order valence-corrected chi connectivity index (χ3v) is 4.81. The summed E-state index contributed by atoms with van der Waals surface area (Å²) in [5.41, 5.74) is 3.94. The highest BCUT2D eigenvalue weighted by Crippen LogP contribution is 2.21. The van der Waals surface area contributed by atoms with Gasteiger partial charge < -0.3 is 15.1 Å². The molecular weight excluding hydrogens is 362 g/mol. The number of carbonyl (C=O) groups is 2. The highest BCUT2D eigenvalue weighted by atomic mass is 32.1. The predicted octanol–water partition coefficient (Wildman–Crippen LogP) is 4.07. The molecule has 0 aliphatic carbocycles. The lowest BCUT2D eigenvalue weighted by molar-refractivity contribution is 0.0949. The van der Waals surface area contributed by atoms with Crippen molar-refractivity contribution in [3.63, 3.8) is 0 Å². The number of hydrogen-bond donors (Lipinski definition) is 2. The number of fused-ring (bicyclic) bond motifs is 1. The van der Waals surface area contributed by atoms with E-state index in [1.165, 1.54) is 11.3 Å². The van der Waals surface area contributed by atoms with Crippen LogP contribution in [0.15, 0.2) is 70.8 Å². The van der Waals surface area contributed by atoms with E-state index in [2.05, 4.69) is 15.6 Å². The van der Waals surface area contributed by atoms with E-state index in [1.807, 2.05) is 6.07 Å². The topological polar surface area (TPSA) is 84.2 Å². The van der Waals surface area contributed by atoms with E-state index >= 15 is 0 Å². The molecule has 0 radical (unpaired) electrons. The molecule has 0 saturated carbocycles. The molecule has 2 amide bonds. The van der Waals surface area contributed by atoms with Crippen molar-refractivity contribution in [2.24, 2.45) is 0 Å². The monoisotopic (exact) mass is 377 g/mol. The van der Waals surface area contributed by atoms with Crippen molar-refractivity contribution in [1.82, 2.24) is 10.3 Å². The molecule has 134 valence electrons. The fourth-order valence-corrected chi connectivity index (χ4v) is 3.37.